The Hall–Kier alpha value is -0.610. The molecule has 0 aromatic rings. The lowest BCUT2D eigenvalue weighted by Crippen LogP contribution is -2.47. The summed E-state index contributed by atoms with van der Waals surface area (Å²) < 4.78 is 0. The fourth-order valence-corrected chi connectivity index (χ4v) is 2.61. The number of likely N-dealkylation sites (tertiary alicyclic amines) is 1. The standard InChI is InChI=1S/C12H23N3O/c1-11(10-14-8-4-13-5-9-14)12(16)15-6-2-3-7-15/h11,13H,2-10H2,1H3. The number of carbonyl (C=O) groups excluding carboxylic acids is 1. The lowest BCUT2D eigenvalue weighted by atomic mass is 10.1. The molecule has 0 aromatic heterocycles. The molecular formula is C12H23N3O. The molecule has 2 heterocycles. The predicted molar refractivity (Wildman–Crippen MR) is 64.3 cm³/mol. The quantitative estimate of drug-likeness (QED) is 0.743. The molecule has 2 rings (SSSR count). The Labute approximate surface area is 98.0 Å². The number of hydrogen-bond donors (Lipinski definition) is 1. The van der Waals surface area contributed by atoms with Crippen LogP contribution in [0.3, 0.4) is 0 Å². The second-order valence-corrected chi connectivity index (χ2v) is 4.98. The summed E-state index contributed by atoms with van der Waals surface area (Å²) in [6.07, 6.45) is 2.37. The van der Waals surface area contributed by atoms with E-state index in [2.05, 4.69) is 17.1 Å². The SMILES string of the molecule is CC(CN1CCNCC1)C(=O)N1CCCC1. The Bertz CT molecular complexity index is 232. The van der Waals surface area contributed by atoms with Crippen molar-refractivity contribution >= 4 is 5.91 Å². The zero-order chi connectivity index (χ0) is 11.4. The topological polar surface area (TPSA) is 35.6 Å². The summed E-state index contributed by atoms with van der Waals surface area (Å²) in [5.74, 6) is 0.521. The molecule has 92 valence electrons. The van der Waals surface area contributed by atoms with Crippen LogP contribution < -0.4 is 5.32 Å². The van der Waals surface area contributed by atoms with Gasteiger partial charge in [0, 0.05) is 51.7 Å². The third kappa shape index (κ3) is 2.95. The van der Waals surface area contributed by atoms with Gasteiger partial charge in [-0.25, -0.2) is 0 Å². The minimum atomic E-state index is 0.163. The minimum absolute atomic E-state index is 0.163. The van der Waals surface area contributed by atoms with Crippen LogP contribution in [0.2, 0.25) is 0 Å². The molecule has 1 atom stereocenters. The van der Waals surface area contributed by atoms with E-state index in [0.717, 1.165) is 45.8 Å². The lowest BCUT2D eigenvalue weighted by molar-refractivity contribution is -0.134. The van der Waals surface area contributed by atoms with Gasteiger partial charge in [0.05, 0.1) is 0 Å². The van der Waals surface area contributed by atoms with Crippen molar-refractivity contribution in [2.45, 2.75) is 19.8 Å². The van der Waals surface area contributed by atoms with Gasteiger partial charge in [0.25, 0.3) is 0 Å². The Kier molecular flexibility index (Phi) is 4.18. The summed E-state index contributed by atoms with van der Waals surface area (Å²) in [7, 11) is 0. The number of rotatable bonds is 3. The number of nitrogens with one attached hydrogen (secondary N) is 1. The monoisotopic (exact) mass is 225 g/mol. The lowest BCUT2D eigenvalue weighted by Gasteiger charge is -2.30. The Morgan fingerprint density at radius 1 is 1.19 bits per heavy atom. The summed E-state index contributed by atoms with van der Waals surface area (Å²) >= 11 is 0. The highest BCUT2D eigenvalue weighted by atomic mass is 16.2. The molecule has 2 fully saturated rings. The van der Waals surface area contributed by atoms with E-state index < -0.39 is 0 Å². The first kappa shape index (κ1) is 11.9. The number of amides is 1. The highest BCUT2D eigenvalue weighted by molar-refractivity contribution is 5.78. The average Bonchev–Trinajstić information content (AvgIpc) is 2.83. The zero-order valence-corrected chi connectivity index (χ0v) is 10.2. The van der Waals surface area contributed by atoms with E-state index in [4.69, 9.17) is 0 Å². The van der Waals surface area contributed by atoms with Gasteiger partial charge >= 0.3 is 0 Å². The van der Waals surface area contributed by atoms with Crippen LogP contribution in [0.5, 0.6) is 0 Å². The minimum Gasteiger partial charge on any atom is -0.342 e. The molecule has 0 bridgehead atoms. The van der Waals surface area contributed by atoms with Crippen molar-refractivity contribution in [3.05, 3.63) is 0 Å². The molecule has 0 saturated carbocycles. The smallest absolute Gasteiger partial charge is 0.226 e. The van der Waals surface area contributed by atoms with Gasteiger partial charge < -0.3 is 15.1 Å². The van der Waals surface area contributed by atoms with Gasteiger partial charge in [-0.2, -0.15) is 0 Å². The first-order valence-corrected chi connectivity index (χ1v) is 6.49. The largest absolute Gasteiger partial charge is 0.342 e. The van der Waals surface area contributed by atoms with Crippen LogP contribution in [0.15, 0.2) is 0 Å². The van der Waals surface area contributed by atoms with Crippen molar-refractivity contribution in [1.29, 1.82) is 0 Å². The molecular weight excluding hydrogens is 202 g/mol. The molecule has 1 unspecified atom stereocenters. The molecule has 0 radical (unpaired) electrons. The van der Waals surface area contributed by atoms with Crippen LogP contribution in [0, 0.1) is 5.92 Å². The van der Waals surface area contributed by atoms with Crippen LogP contribution in [-0.4, -0.2) is 61.5 Å². The van der Waals surface area contributed by atoms with E-state index in [0.29, 0.717) is 5.91 Å². The third-order valence-electron chi connectivity index (χ3n) is 3.58. The van der Waals surface area contributed by atoms with E-state index in [1.807, 2.05) is 4.90 Å². The van der Waals surface area contributed by atoms with Gasteiger partial charge in [0.1, 0.15) is 0 Å². The van der Waals surface area contributed by atoms with Gasteiger partial charge in [-0.05, 0) is 12.8 Å². The summed E-state index contributed by atoms with van der Waals surface area (Å²) in [4.78, 5) is 16.5. The molecule has 4 nitrogen and oxygen atoms in total. The number of nitrogens with zero attached hydrogens (tertiary/aromatic N) is 2. The van der Waals surface area contributed by atoms with Gasteiger partial charge in [-0.15, -0.1) is 0 Å². The van der Waals surface area contributed by atoms with Crippen molar-refractivity contribution in [3.8, 4) is 0 Å². The molecule has 16 heavy (non-hydrogen) atoms. The van der Waals surface area contributed by atoms with Crippen LogP contribution in [0.25, 0.3) is 0 Å². The van der Waals surface area contributed by atoms with Crippen molar-refractivity contribution < 1.29 is 4.79 Å². The second kappa shape index (κ2) is 5.64. The Balaban J connectivity index is 1.77. The van der Waals surface area contributed by atoms with Gasteiger partial charge in [-0.1, -0.05) is 6.92 Å². The molecule has 2 saturated heterocycles. The maximum atomic E-state index is 12.1. The van der Waals surface area contributed by atoms with Crippen LogP contribution in [-0.2, 0) is 4.79 Å². The Morgan fingerprint density at radius 3 is 2.44 bits per heavy atom. The van der Waals surface area contributed by atoms with E-state index in [1.54, 1.807) is 0 Å². The van der Waals surface area contributed by atoms with Crippen LogP contribution in [0.4, 0.5) is 0 Å². The van der Waals surface area contributed by atoms with E-state index in [-0.39, 0.29) is 5.92 Å². The van der Waals surface area contributed by atoms with Crippen molar-refractivity contribution in [3.63, 3.8) is 0 Å². The first-order chi connectivity index (χ1) is 7.77. The van der Waals surface area contributed by atoms with Crippen LogP contribution >= 0.6 is 0 Å². The fraction of sp³-hybridized carbons (Fsp3) is 0.917. The molecule has 0 aromatic carbocycles. The molecule has 0 aliphatic carbocycles. The maximum absolute atomic E-state index is 12.1. The summed E-state index contributed by atoms with van der Waals surface area (Å²) in [5.41, 5.74) is 0. The average molecular weight is 225 g/mol. The van der Waals surface area contributed by atoms with Crippen molar-refractivity contribution in [2.24, 2.45) is 5.92 Å². The molecule has 0 spiro atoms. The fourth-order valence-electron chi connectivity index (χ4n) is 2.61. The van der Waals surface area contributed by atoms with Gasteiger partial charge in [0.15, 0.2) is 0 Å². The van der Waals surface area contributed by atoms with E-state index in [1.165, 1.54) is 12.8 Å². The molecule has 2 aliphatic heterocycles. The Morgan fingerprint density at radius 2 is 1.81 bits per heavy atom. The first-order valence-electron chi connectivity index (χ1n) is 6.49. The van der Waals surface area contributed by atoms with E-state index >= 15 is 0 Å². The predicted octanol–water partition coefficient (Wildman–Crippen LogP) is 0.150. The normalized spacial score (nSPS) is 24.7. The summed E-state index contributed by atoms with van der Waals surface area (Å²) in [6, 6.07) is 0. The molecule has 4 heteroatoms. The molecule has 2 aliphatic rings. The summed E-state index contributed by atoms with van der Waals surface area (Å²) in [5, 5.41) is 3.34. The number of carbonyl (C=O) groups is 1. The van der Waals surface area contributed by atoms with Gasteiger partial charge in [0.2, 0.25) is 5.91 Å². The number of piperazine rings is 1. The van der Waals surface area contributed by atoms with Crippen molar-refractivity contribution in [2.75, 3.05) is 45.8 Å². The second-order valence-electron chi connectivity index (χ2n) is 4.98. The highest BCUT2D eigenvalue weighted by Crippen LogP contribution is 2.13. The molecule has 1 N–H and O–H groups in total. The molecule has 1 amide bonds. The van der Waals surface area contributed by atoms with Gasteiger partial charge in [-0.3, -0.25) is 4.79 Å². The summed E-state index contributed by atoms with van der Waals surface area (Å²) in [6.45, 7) is 9.24. The highest BCUT2D eigenvalue weighted by Gasteiger charge is 2.25. The zero-order valence-electron chi connectivity index (χ0n) is 10.2. The third-order valence-corrected chi connectivity index (χ3v) is 3.58. The maximum Gasteiger partial charge on any atom is 0.226 e. The van der Waals surface area contributed by atoms with Crippen molar-refractivity contribution in [1.82, 2.24) is 15.1 Å². The van der Waals surface area contributed by atoms with Crippen LogP contribution in [0.1, 0.15) is 19.8 Å². The van der Waals surface area contributed by atoms with E-state index in [9.17, 15) is 4.79 Å². The number of hydrogen-bond acceptors (Lipinski definition) is 3.